The summed E-state index contributed by atoms with van der Waals surface area (Å²) in [5.74, 6) is 1.44. The molecular weight excluding hydrogens is 194 g/mol. The summed E-state index contributed by atoms with van der Waals surface area (Å²) in [4.78, 5) is 0. The van der Waals surface area contributed by atoms with E-state index >= 15 is 0 Å². The van der Waals surface area contributed by atoms with Gasteiger partial charge in [0.05, 0.1) is 0 Å². The van der Waals surface area contributed by atoms with Crippen LogP contribution in [0.25, 0.3) is 0 Å². The lowest BCUT2D eigenvalue weighted by molar-refractivity contribution is 0.296. The Hall–Kier alpha value is -0.820. The fourth-order valence-corrected chi connectivity index (χ4v) is 2.50. The molecule has 0 atom stereocenters. The average Bonchev–Trinajstić information content (AvgIpc) is 2.23. The van der Waals surface area contributed by atoms with Crippen molar-refractivity contribution in [3.05, 3.63) is 35.4 Å². The summed E-state index contributed by atoms with van der Waals surface area (Å²) in [6.07, 6.45) is 2.63. The molecule has 0 bridgehead atoms. The van der Waals surface area contributed by atoms with Gasteiger partial charge in [-0.3, -0.25) is 0 Å². The highest BCUT2D eigenvalue weighted by molar-refractivity contribution is 5.28. The van der Waals surface area contributed by atoms with Crippen LogP contribution in [0.5, 0.6) is 0 Å². The topological polar surface area (TPSA) is 12.0 Å². The molecule has 1 fully saturated rings. The van der Waals surface area contributed by atoms with Crippen LogP contribution in [0.4, 0.5) is 0 Å². The van der Waals surface area contributed by atoms with E-state index in [2.05, 4.69) is 50.4 Å². The summed E-state index contributed by atoms with van der Waals surface area (Å²) in [5.41, 5.74) is 2.98. The minimum atomic E-state index is 0.643. The molecule has 1 saturated carbocycles. The molecule has 0 unspecified atom stereocenters. The molecule has 0 aliphatic heterocycles. The van der Waals surface area contributed by atoms with Gasteiger partial charge in [0.1, 0.15) is 0 Å². The Morgan fingerprint density at radius 3 is 2.31 bits per heavy atom. The van der Waals surface area contributed by atoms with Gasteiger partial charge in [-0.2, -0.15) is 0 Å². The van der Waals surface area contributed by atoms with Gasteiger partial charge in [0.25, 0.3) is 0 Å². The highest BCUT2D eigenvalue weighted by atomic mass is 14.9. The van der Waals surface area contributed by atoms with E-state index in [-0.39, 0.29) is 0 Å². The Kier molecular flexibility index (Phi) is 3.65. The smallest absolute Gasteiger partial charge is 0.00786 e. The highest BCUT2D eigenvalue weighted by Crippen LogP contribution is 2.37. The molecular formula is C15H23N. The lowest BCUT2D eigenvalue weighted by Crippen LogP contribution is -2.39. The van der Waals surface area contributed by atoms with E-state index in [4.69, 9.17) is 0 Å². The summed E-state index contributed by atoms with van der Waals surface area (Å²) in [5, 5.41) is 3.51. The molecule has 1 nitrogen and oxygen atoms in total. The predicted octanol–water partition coefficient (Wildman–Crippen LogP) is 3.67. The standard InChI is InChI=1S/C15H23N/c1-4-16-15-9-14(10-15)13-7-5-12(6-8-13)11(2)3/h5-8,11,14-16H,4,9-10H2,1-3H3. The molecule has 0 amide bonds. The quantitative estimate of drug-likeness (QED) is 0.811. The van der Waals surface area contributed by atoms with Crippen LogP contribution in [0.1, 0.15) is 56.6 Å². The van der Waals surface area contributed by atoms with Crippen molar-refractivity contribution in [2.45, 2.75) is 51.5 Å². The maximum Gasteiger partial charge on any atom is 0.00786 e. The minimum Gasteiger partial charge on any atom is -0.314 e. The highest BCUT2D eigenvalue weighted by Gasteiger charge is 2.29. The zero-order valence-corrected chi connectivity index (χ0v) is 10.7. The Morgan fingerprint density at radius 2 is 1.81 bits per heavy atom. The lowest BCUT2D eigenvalue weighted by Gasteiger charge is -2.36. The van der Waals surface area contributed by atoms with Crippen molar-refractivity contribution in [1.29, 1.82) is 0 Å². The summed E-state index contributed by atoms with van der Waals surface area (Å²) < 4.78 is 0. The Morgan fingerprint density at radius 1 is 1.19 bits per heavy atom. The van der Waals surface area contributed by atoms with Crippen LogP contribution < -0.4 is 5.32 Å². The van der Waals surface area contributed by atoms with Crippen molar-refractivity contribution < 1.29 is 0 Å². The van der Waals surface area contributed by atoms with Crippen LogP contribution in [0.3, 0.4) is 0 Å². The normalized spacial score (nSPS) is 24.5. The molecule has 0 spiro atoms. The first-order valence-electron chi connectivity index (χ1n) is 6.54. The van der Waals surface area contributed by atoms with Gasteiger partial charge in [-0.25, -0.2) is 0 Å². The van der Waals surface area contributed by atoms with Crippen LogP contribution in [0.15, 0.2) is 24.3 Å². The third-order valence-corrected chi connectivity index (χ3v) is 3.71. The Balaban J connectivity index is 1.92. The summed E-state index contributed by atoms with van der Waals surface area (Å²) in [7, 11) is 0. The maximum absolute atomic E-state index is 3.51. The van der Waals surface area contributed by atoms with Crippen LogP contribution in [0, 0.1) is 0 Å². The van der Waals surface area contributed by atoms with Crippen LogP contribution in [-0.2, 0) is 0 Å². The van der Waals surface area contributed by atoms with Gasteiger partial charge in [-0.15, -0.1) is 0 Å². The van der Waals surface area contributed by atoms with Crippen LogP contribution in [-0.4, -0.2) is 12.6 Å². The van der Waals surface area contributed by atoms with Gasteiger partial charge in [-0.1, -0.05) is 45.0 Å². The van der Waals surface area contributed by atoms with Crippen LogP contribution in [0.2, 0.25) is 0 Å². The SMILES string of the molecule is CCNC1CC(c2ccc(C(C)C)cc2)C1. The molecule has 0 heterocycles. The van der Waals surface area contributed by atoms with Crippen molar-refractivity contribution >= 4 is 0 Å². The predicted molar refractivity (Wildman–Crippen MR) is 70.0 cm³/mol. The molecule has 0 saturated heterocycles. The zero-order valence-electron chi connectivity index (χ0n) is 10.7. The first-order chi connectivity index (χ1) is 7.70. The molecule has 0 radical (unpaired) electrons. The summed E-state index contributed by atoms with van der Waals surface area (Å²) >= 11 is 0. The van der Waals surface area contributed by atoms with E-state index in [1.54, 1.807) is 0 Å². The molecule has 1 aromatic rings. The van der Waals surface area contributed by atoms with Gasteiger partial charge in [0.2, 0.25) is 0 Å². The zero-order chi connectivity index (χ0) is 11.5. The number of nitrogens with one attached hydrogen (secondary N) is 1. The van der Waals surface area contributed by atoms with E-state index < -0.39 is 0 Å². The molecule has 1 heteroatoms. The number of hydrogen-bond acceptors (Lipinski definition) is 1. The Labute approximate surface area is 99.3 Å². The Bertz CT molecular complexity index is 320. The van der Waals surface area contributed by atoms with Crippen molar-refractivity contribution in [1.82, 2.24) is 5.32 Å². The first-order valence-corrected chi connectivity index (χ1v) is 6.54. The molecule has 1 aromatic carbocycles. The lowest BCUT2D eigenvalue weighted by atomic mass is 9.75. The van der Waals surface area contributed by atoms with Crippen molar-refractivity contribution in [2.24, 2.45) is 0 Å². The fourth-order valence-electron chi connectivity index (χ4n) is 2.50. The number of rotatable bonds is 4. The third-order valence-electron chi connectivity index (χ3n) is 3.71. The van der Waals surface area contributed by atoms with Gasteiger partial charge in [0.15, 0.2) is 0 Å². The molecule has 0 aromatic heterocycles. The van der Waals surface area contributed by atoms with Crippen LogP contribution >= 0.6 is 0 Å². The fraction of sp³-hybridized carbons (Fsp3) is 0.600. The largest absolute Gasteiger partial charge is 0.314 e. The molecule has 1 aliphatic carbocycles. The van der Waals surface area contributed by atoms with Crippen molar-refractivity contribution in [2.75, 3.05) is 6.54 Å². The van der Waals surface area contributed by atoms with Crippen molar-refractivity contribution in [3.63, 3.8) is 0 Å². The molecule has 1 aliphatic rings. The molecule has 88 valence electrons. The number of benzene rings is 1. The van der Waals surface area contributed by atoms with Gasteiger partial charge in [0, 0.05) is 6.04 Å². The van der Waals surface area contributed by atoms with E-state index in [0.717, 1.165) is 18.5 Å². The van der Waals surface area contributed by atoms with E-state index in [1.165, 1.54) is 24.0 Å². The summed E-state index contributed by atoms with van der Waals surface area (Å²) in [6, 6.07) is 9.99. The van der Waals surface area contributed by atoms with E-state index in [0.29, 0.717) is 5.92 Å². The van der Waals surface area contributed by atoms with E-state index in [9.17, 15) is 0 Å². The third kappa shape index (κ3) is 2.46. The van der Waals surface area contributed by atoms with E-state index in [1.807, 2.05) is 0 Å². The molecule has 2 rings (SSSR count). The minimum absolute atomic E-state index is 0.643. The van der Waals surface area contributed by atoms with Gasteiger partial charge in [-0.05, 0) is 42.3 Å². The first kappa shape index (κ1) is 11.7. The monoisotopic (exact) mass is 217 g/mol. The summed E-state index contributed by atoms with van der Waals surface area (Å²) in [6.45, 7) is 7.79. The second-order valence-corrected chi connectivity index (χ2v) is 5.24. The molecule has 16 heavy (non-hydrogen) atoms. The second kappa shape index (κ2) is 5.01. The maximum atomic E-state index is 3.51. The number of hydrogen-bond donors (Lipinski definition) is 1. The van der Waals surface area contributed by atoms with Gasteiger partial charge < -0.3 is 5.32 Å². The molecule has 1 N–H and O–H groups in total. The van der Waals surface area contributed by atoms with Gasteiger partial charge >= 0.3 is 0 Å². The second-order valence-electron chi connectivity index (χ2n) is 5.24. The van der Waals surface area contributed by atoms with Crippen molar-refractivity contribution in [3.8, 4) is 0 Å². The average molecular weight is 217 g/mol.